The van der Waals surface area contributed by atoms with Crippen molar-refractivity contribution in [3.05, 3.63) is 12.7 Å². The van der Waals surface area contributed by atoms with Crippen LogP contribution in [0, 0.1) is 12.3 Å². The number of carbonyl (C=O) groups is 1. The second kappa shape index (κ2) is 6.44. The molecule has 0 bridgehead atoms. The van der Waals surface area contributed by atoms with Crippen LogP contribution in [0.5, 0.6) is 0 Å². The lowest BCUT2D eigenvalue weighted by Gasteiger charge is -2.15. The van der Waals surface area contributed by atoms with Crippen molar-refractivity contribution in [1.29, 1.82) is 0 Å². The summed E-state index contributed by atoms with van der Waals surface area (Å²) in [5.74, 6) is 1.56. The van der Waals surface area contributed by atoms with Crippen molar-refractivity contribution in [3.63, 3.8) is 0 Å². The van der Waals surface area contributed by atoms with Gasteiger partial charge in [-0.2, -0.15) is 0 Å². The van der Waals surface area contributed by atoms with E-state index in [1.807, 2.05) is 0 Å². The maximum absolute atomic E-state index is 10.3. The second-order valence-electron chi connectivity index (χ2n) is 2.39. The van der Waals surface area contributed by atoms with E-state index in [1.54, 1.807) is 11.0 Å². The summed E-state index contributed by atoms with van der Waals surface area (Å²) in [6.45, 7) is 4.57. The normalized spacial score (nSPS) is 9.33. The average Bonchev–Trinajstić information content (AvgIpc) is 2.00. The molecule has 0 aliphatic rings. The Morgan fingerprint density at radius 2 is 2.42 bits per heavy atom. The van der Waals surface area contributed by atoms with Gasteiger partial charge in [0.1, 0.15) is 0 Å². The summed E-state index contributed by atoms with van der Waals surface area (Å²) in [6.07, 6.45) is 7.57. The maximum atomic E-state index is 10.3. The number of carboxylic acid groups (broad SMARTS) is 1. The SMILES string of the molecule is C#CCN(CCC=C)CC(=O)O. The molecule has 0 aromatic rings. The van der Waals surface area contributed by atoms with Crippen LogP contribution in [0.1, 0.15) is 6.42 Å². The fourth-order valence-electron chi connectivity index (χ4n) is 0.808. The van der Waals surface area contributed by atoms with Crippen molar-refractivity contribution in [1.82, 2.24) is 4.90 Å². The van der Waals surface area contributed by atoms with Gasteiger partial charge in [-0.15, -0.1) is 13.0 Å². The molecule has 0 aromatic heterocycles. The molecule has 0 radical (unpaired) electrons. The molecule has 66 valence electrons. The zero-order valence-corrected chi connectivity index (χ0v) is 6.99. The van der Waals surface area contributed by atoms with Gasteiger partial charge in [-0.3, -0.25) is 9.69 Å². The van der Waals surface area contributed by atoms with E-state index in [0.29, 0.717) is 13.1 Å². The quantitative estimate of drug-likeness (QED) is 0.464. The topological polar surface area (TPSA) is 40.5 Å². The summed E-state index contributed by atoms with van der Waals surface area (Å²) in [5.41, 5.74) is 0. The molecule has 12 heavy (non-hydrogen) atoms. The summed E-state index contributed by atoms with van der Waals surface area (Å²) in [7, 11) is 0. The van der Waals surface area contributed by atoms with Gasteiger partial charge in [0.2, 0.25) is 0 Å². The molecule has 0 aliphatic heterocycles. The first-order valence-corrected chi connectivity index (χ1v) is 3.69. The number of terminal acetylenes is 1. The third-order valence-electron chi connectivity index (χ3n) is 1.32. The smallest absolute Gasteiger partial charge is 0.317 e. The molecule has 0 rings (SSSR count). The van der Waals surface area contributed by atoms with Crippen LogP contribution in [0.2, 0.25) is 0 Å². The van der Waals surface area contributed by atoms with Gasteiger partial charge in [0.05, 0.1) is 13.1 Å². The fourth-order valence-corrected chi connectivity index (χ4v) is 0.808. The second-order valence-corrected chi connectivity index (χ2v) is 2.39. The number of hydrogen-bond acceptors (Lipinski definition) is 2. The van der Waals surface area contributed by atoms with E-state index in [4.69, 9.17) is 11.5 Å². The third kappa shape index (κ3) is 5.51. The summed E-state index contributed by atoms with van der Waals surface area (Å²) < 4.78 is 0. The van der Waals surface area contributed by atoms with Crippen molar-refractivity contribution >= 4 is 5.97 Å². The van der Waals surface area contributed by atoms with Gasteiger partial charge in [-0.25, -0.2) is 0 Å². The summed E-state index contributed by atoms with van der Waals surface area (Å²) in [6, 6.07) is 0. The Morgan fingerprint density at radius 3 is 2.83 bits per heavy atom. The monoisotopic (exact) mass is 167 g/mol. The van der Waals surface area contributed by atoms with Crippen molar-refractivity contribution in [2.24, 2.45) is 0 Å². The fraction of sp³-hybridized carbons (Fsp3) is 0.444. The Labute approximate surface area is 72.7 Å². The van der Waals surface area contributed by atoms with Crippen LogP contribution in [0.3, 0.4) is 0 Å². The van der Waals surface area contributed by atoms with Crippen LogP contribution >= 0.6 is 0 Å². The zero-order chi connectivity index (χ0) is 9.40. The van der Waals surface area contributed by atoms with E-state index in [9.17, 15) is 4.79 Å². The first-order valence-electron chi connectivity index (χ1n) is 3.69. The third-order valence-corrected chi connectivity index (χ3v) is 1.32. The van der Waals surface area contributed by atoms with E-state index >= 15 is 0 Å². The minimum absolute atomic E-state index is 0.00194. The molecule has 0 saturated carbocycles. The summed E-state index contributed by atoms with van der Waals surface area (Å²) >= 11 is 0. The highest BCUT2D eigenvalue weighted by molar-refractivity contribution is 5.69. The Balaban J connectivity index is 3.78. The largest absolute Gasteiger partial charge is 0.480 e. The van der Waals surface area contributed by atoms with Crippen molar-refractivity contribution in [3.8, 4) is 12.3 Å². The number of carboxylic acids is 1. The zero-order valence-electron chi connectivity index (χ0n) is 6.99. The molecule has 0 aromatic carbocycles. The predicted molar refractivity (Wildman–Crippen MR) is 47.7 cm³/mol. The number of aliphatic carboxylic acids is 1. The van der Waals surface area contributed by atoms with Crippen molar-refractivity contribution in [2.75, 3.05) is 19.6 Å². The van der Waals surface area contributed by atoms with Gasteiger partial charge in [-0.1, -0.05) is 12.0 Å². The van der Waals surface area contributed by atoms with Crippen LogP contribution in [0.15, 0.2) is 12.7 Å². The molecule has 0 saturated heterocycles. The van der Waals surface area contributed by atoms with E-state index in [0.717, 1.165) is 6.42 Å². The molecular weight excluding hydrogens is 154 g/mol. The Kier molecular flexibility index (Phi) is 5.76. The van der Waals surface area contributed by atoms with Crippen molar-refractivity contribution < 1.29 is 9.90 Å². The van der Waals surface area contributed by atoms with Crippen LogP contribution in [-0.2, 0) is 4.79 Å². The van der Waals surface area contributed by atoms with E-state index in [2.05, 4.69) is 12.5 Å². The molecule has 0 fully saturated rings. The van der Waals surface area contributed by atoms with Gasteiger partial charge >= 0.3 is 5.97 Å². The van der Waals surface area contributed by atoms with Gasteiger partial charge in [0.15, 0.2) is 0 Å². The number of nitrogens with zero attached hydrogens (tertiary/aromatic N) is 1. The van der Waals surface area contributed by atoms with Gasteiger partial charge in [0.25, 0.3) is 0 Å². The van der Waals surface area contributed by atoms with E-state index in [-0.39, 0.29) is 6.54 Å². The van der Waals surface area contributed by atoms with Gasteiger partial charge in [0, 0.05) is 6.54 Å². The minimum Gasteiger partial charge on any atom is -0.480 e. The van der Waals surface area contributed by atoms with Crippen LogP contribution in [0.25, 0.3) is 0 Å². The standard InChI is InChI=1S/C9H13NO2/c1-3-5-7-10(6-4-2)8-9(11)12/h2-3H,1,5-8H2,(H,11,12). The van der Waals surface area contributed by atoms with Crippen LogP contribution < -0.4 is 0 Å². The van der Waals surface area contributed by atoms with E-state index in [1.165, 1.54) is 0 Å². The lowest BCUT2D eigenvalue weighted by atomic mass is 10.3. The number of rotatable bonds is 6. The molecule has 0 unspecified atom stereocenters. The summed E-state index contributed by atoms with van der Waals surface area (Å²) in [4.78, 5) is 12.0. The molecular formula is C9H13NO2. The highest BCUT2D eigenvalue weighted by Gasteiger charge is 2.06. The molecule has 0 spiro atoms. The van der Waals surface area contributed by atoms with E-state index < -0.39 is 5.97 Å². The molecule has 0 amide bonds. The molecule has 0 aliphatic carbocycles. The lowest BCUT2D eigenvalue weighted by Crippen LogP contribution is -2.30. The van der Waals surface area contributed by atoms with Gasteiger partial charge in [-0.05, 0) is 6.42 Å². The molecule has 3 heteroatoms. The van der Waals surface area contributed by atoms with Crippen LogP contribution in [0.4, 0.5) is 0 Å². The minimum atomic E-state index is -0.852. The average molecular weight is 167 g/mol. The van der Waals surface area contributed by atoms with Gasteiger partial charge < -0.3 is 5.11 Å². The van der Waals surface area contributed by atoms with Crippen molar-refractivity contribution in [2.45, 2.75) is 6.42 Å². The molecule has 0 heterocycles. The van der Waals surface area contributed by atoms with Crippen LogP contribution in [-0.4, -0.2) is 35.6 Å². The predicted octanol–water partition coefficient (Wildman–Crippen LogP) is 0.582. The lowest BCUT2D eigenvalue weighted by molar-refractivity contribution is -0.138. The first kappa shape index (κ1) is 10.7. The highest BCUT2D eigenvalue weighted by Crippen LogP contribution is 1.90. The highest BCUT2D eigenvalue weighted by atomic mass is 16.4. The Hall–Kier alpha value is -1.27. The Bertz CT molecular complexity index is 193. The first-order chi connectivity index (χ1) is 5.70. The Morgan fingerprint density at radius 1 is 1.75 bits per heavy atom. The maximum Gasteiger partial charge on any atom is 0.317 e. The molecule has 1 N–H and O–H groups in total. The number of hydrogen-bond donors (Lipinski definition) is 1. The summed E-state index contributed by atoms with van der Waals surface area (Å²) in [5, 5.41) is 8.47. The molecule has 0 atom stereocenters. The molecule has 3 nitrogen and oxygen atoms in total.